The van der Waals surface area contributed by atoms with Gasteiger partial charge in [-0.25, -0.2) is 4.98 Å². The van der Waals surface area contributed by atoms with E-state index in [0.717, 1.165) is 4.70 Å². The molecule has 0 atom stereocenters. The lowest BCUT2D eigenvalue weighted by molar-refractivity contribution is -0.114. The second kappa shape index (κ2) is 3.97. The normalized spacial score (nSPS) is 10.4. The molecular weight excluding hydrogens is 226 g/mol. The molecule has 1 aromatic carbocycles. The van der Waals surface area contributed by atoms with Crippen molar-refractivity contribution >= 4 is 38.3 Å². The fourth-order valence-electron chi connectivity index (χ4n) is 1.38. The van der Waals surface area contributed by atoms with Gasteiger partial charge in [0.25, 0.3) is 0 Å². The average molecular weight is 237 g/mol. The van der Waals surface area contributed by atoms with Gasteiger partial charge < -0.3 is 15.8 Å². The van der Waals surface area contributed by atoms with Crippen molar-refractivity contribution in [3.05, 3.63) is 12.1 Å². The van der Waals surface area contributed by atoms with E-state index in [1.54, 1.807) is 19.2 Å². The van der Waals surface area contributed by atoms with Crippen LogP contribution in [-0.4, -0.2) is 18.0 Å². The van der Waals surface area contributed by atoms with Gasteiger partial charge in [-0.05, 0) is 6.07 Å². The first kappa shape index (κ1) is 10.7. The second-order valence-electron chi connectivity index (χ2n) is 3.27. The number of nitrogens with two attached hydrogens (primary N) is 1. The van der Waals surface area contributed by atoms with Crippen LogP contribution in [0.5, 0.6) is 5.75 Å². The number of anilines is 2. The summed E-state index contributed by atoms with van der Waals surface area (Å²) >= 11 is 1.37. The predicted octanol–water partition coefficient (Wildman–Crippen LogP) is 1.85. The lowest BCUT2D eigenvalue weighted by Crippen LogP contribution is -2.04. The molecule has 0 unspecified atom stereocenters. The maximum Gasteiger partial charge on any atom is 0.223 e. The molecule has 1 aromatic heterocycles. The van der Waals surface area contributed by atoms with Crippen LogP contribution in [0, 0.1) is 0 Å². The van der Waals surface area contributed by atoms with E-state index in [-0.39, 0.29) is 5.91 Å². The quantitative estimate of drug-likeness (QED) is 0.781. The minimum atomic E-state index is -0.147. The van der Waals surface area contributed by atoms with Gasteiger partial charge in [-0.2, -0.15) is 0 Å². The molecule has 6 heteroatoms. The monoisotopic (exact) mass is 237 g/mol. The summed E-state index contributed by atoms with van der Waals surface area (Å²) in [5.74, 6) is 0.467. The van der Waals surface area contributed by atoms with Gasteiger partial charge in [0.05, 0.1) is 11.8 Å². The maximum absolute atomic E-state index is 10.9. The van der Waals surface area contributed by atoms with Crippen LogP contribution in [0.1, 0.15) is 6.92 Å². The number of nitrogens with zero attached hydrogens (tertiary/aromatic N) is 1. The fourth-order valence-corrected chi connectivity index (χ4v) is 2.36. The number of fused-ring (bicyclic) bond motifs is 1. The lowest BCUT2D eigenvalue weighted by atomic mass is 10.3. The molecule has 0 aliphatic rings. The molecule has 0 aliphatic carbocycles. The highest BCUT2D eigenvalue weighted by atomic mass is 32.1. The Morgan fingerprint density at radius 3 is 2.94 bits per heavy atom. The summed E-state index contributed by atoms with van der Waals surface area (Å²) in [4.78, 5) is 15.2. The number of ether oxygens (including phenoxy) is 1. The Morgan fingerprint density at radius 2 is 2.31 bits per heavy atom. The zero-order valence-electron chi connectivity index (χ0n) is 8.90. The van der Waals surface area contributed by atoms with Crippen molar-refractivity contribution in [1.82, 2.24) is 4.98 Å². The van der Waals surface area contributed by atoms with E-state index < -0.39 is 0 Å². The number of amides is 1. The SMILES string of the molecule is COc1cc(N)cc2sc(NC(C)=O)nc12. The molecule has 16 heavy (non-hydrogen) atoms. The summed E-state index contributed by atoms with van der Waals surface area (Å²) in [6, 6.07) is 3.51. The number of rotatable bonds is 2. The predicted molar refractivity (Wildman–Crippen MR) is 64.9 cm³/mol. The third-order valence-electron chi connectivity index (χ3n) is 1.99. The Labute approximate surface area is 96.2 Å². The smallest absolute Gasteiger partial charge is 0.223 e. The zero-order chi connectivity index (χ0) is 11.7. The highest BCUT2D eigenvalue weighted by Crippen LogP contribution is 2.34. The van der Waals surface area contributed by atoms with Crippen molar-refractivity contribution in [2.45, 2.75) is 6.92 Å². The largest absolute Gasteiger partial charge is 0.494 e. The lowest BCUT2D eigenvalue weighted by Gasteiger charge is -2.01. The van der Waals surface area contributed by atoms with Gasteiger partial charge >= 0.3 is 0 Å². The first-order valence-electron chi connectivity index (χ1n) is 4.62. The molecule has 2 rings (SSSR count). The summed E-state index contributed by atoms with van der Waals surface area (Å²) < 4.78 is 6.07. The third-order valence-corrected chi connectivity index (χ3v) is 2.90. The van der Waals surface area contributed by atoms with Crippen LogP contribution >= 0.6 is 11.3 Å². The Hall–Kier alpha value is -1.82. The molecule has 0 saturated heterocycles. The van der Waals surface area contributed by atoms with E-state index >= 15 is 0 Å². The molecular formula is C10H11N3O2S. The molecule has 5 nitrogen and oxygen atoms in total. The van der Waals surface area contributed by atoms with E-state index in [4.69, 9.17) is 10.5 Å². The van der Waals surface area contributed by atoms with Gasteiger partial charge in [-0.3, -0.25) is 4.79 Å². The Bertz CT molecular complexity index is 550. The number of carbonyl (C=O) groups is 1. The second-order valence-corrected chi connectivity index (χ2v) is 4.30. The van der Waals surface area contributed by atoms with Gasteiger partial charge in [-0.15, -0.1) is 0 Å². The third kappa shape index (κ3) is 1.92. The van der Waals surface area contributed by atoms with Crippen LogP contribution in [0.25, 0.3) is 10.2 Å². The highest BCUT2D eigenvalue weighted by Gasteiger charge is 2.10. The first-order valence-corrected chi connectivity index (χ1v) is 5.43. The Balaban J connectivity index is 2.55. The van der Waals surface area contributed by atoms with Gasteiger partial charge in [0.15, 0.2) is 5.13 Å². The topological polar surface area (TPSA) is 77.2 Å². The molecule has 0 fully saturated rings. The van der Waals surface area contributed by atoms with Crippen molar-refractivity contribution in [3.8, 4) is 5.75 Å². The van der Waals surface area contributed by atoms with Crippen molar-refractivity contribution in [2.75, 3.05) is 18.2 Å². The number of hydrogen-bond donors (Lipinski definition) is 2. The average Bonchev–Trinajstić information content (AvgIpc) is 2.57. The zero-order valence-corrected chi connectivity index (χ0v) is 9.72. The highest BCUT2D eigenvalue weighted by molar-refractivity contribution is 7.22. The number of thiazole rings is 1. The molecule has 3 N–H and O–H groups in total. The summed E-state index contributed by atoms with van der Waals surface area (Å²) in [7, 11) is 1.56. The first-order chi connectivity index (χ1) is 7.60. The Kier molecular flexibility index (Phi) is 2.66. The Morgan fingerprint density at radius 1 is 1.56 bits per heavy atom. The van der Waals surface area contributed by atoms with Crippen LogP contribution in [0.15, 0.2) is 12.1 Å². The standard InChI is InChI=1S/C10H11N3O2S/c1-5(14)12-10-13-9-7(15-2)3-6(11)4-8(9)16-10/h3-4H,11H2,1-2H3,(H,12,13,14). The van der Waals surface area contributed by atoms with Gasteiger partial charge in [0.1, 0.15) is 11.3 Å². The molecule has 1 heterocycles. The van der Waals surface area contributed by atoms with Crippen LogP contribution in [0.2, 0.25) is 0 Å². The number of hydrogen-bond acceptors (Lipinski definition) is 5. The van der Waals surface area contributed by atoms with Crippen molar-refractivity contribution in [3.63, 3.8) is 0 Å². The van der Waals surface area contributed by atoms with Crippen LogP contribution < -0.4 is 15.8 Å². The molecule has 1 amide bonds. The molecule has 0 saturated carbocycles. The summed E-state index contributed by atoms with van der Waals surface area (Å²) in [5, 5.41) is 3.18. The minimum Gasteiger partial charge on any atom is -0.494 e. The van der Waals surface area contributed by atoms with E-state index in [1.807, 2.05) is 0 Å². The number of methoxy groups -OCH3 is 1. The number of nitrogens with one attached hydrogen (secondary N) is 1. The number of carbonyl (C=O) groups excluding carboxylic acids is 1. The van der Waals surface area contributed by atoms with Crippen LogP contribution in [-0.2, 0) is 4.79 Å². The van der Waals surface area contributed by atoms with E-state index in [1.165, 1.54) is 18.3 Å². The van der Waals surface area contributed by atoms with Crippen molar-refractivity contribution in [2.24, 2.45) is 0 Å². The molecule has 0 radical (unpaired) electrons. The number of nitrogen functional groups attached to an aromatic ring is 1. The summed E-state index contributed by atoms with van der Waals surface area (Å²) in [5.41, 5.74) is 7.05. The van der Waals surface area contributed by atoms with E-state index in [2.05, 4.69) is 10.3 Å². The van der Waals surface area contributed by atoms with Crippen molar-refractivity contribution in [1.29, 1.82) is 0 Å². The number of benzene rings is 1. The van der Waals surface area contributed by atoms with E-state index in [0.29, 0.717) is 22.1 Å². The molecule has 0 aliphatic heterocycles. The van der Waals surface area contributed by atoms with Gasteiger partial charge in [0.2, 0.25) is 5.91 Å². The fraction of sp³-hybridized carbons (Fsp3) is 0.200. The summed E-state index contributed by atoms with van der Waals surface area (Å²) in [6.07, 6.45) is 0. The number of aromatic nitrogens is 1. The van der Waals surface area contributed by atoms with Gasteiger partial charge in [0, 0.05) is 18.7 Å². The minimum absolute atomic E-state index is 0.147. The van der Waals surface area contributed by atoms with Crippen LogP contribution in [0.4, 0.5) is 10.8 Å². The summed E-state index contributed by atoms with van der Waals surface area (Å²) in [6.45, 7) is 1.44. The maximum atomic E-state index is 10.9. The molecule has 2 aromatic rings. The van der Waals surface area contributed by atoms with E-state index in [9.17, 15) is 4.79 Å². The molecule has 84 valence electrons. The molecule has 0 spiro atoms. The van der Waals surface area contributed by atoms with Crippen molar-refractivity contribution < 1.29 is 9.53 Å². The van der Waals surface area contributed by atoms with Crippen LogP contribution in [0.3, 0.4) is 0 Å². The van der Waals surface area contributed by atoms with Gasteiger partial charge in [-0.1, -0.05) is 11.3 Å². The molecule has 0 bridgehead atoms.